The fraction of sp³-hybridized carbons (Fsp3) is 0.333. The molecule has 26 heavy (non-hydrogen) atoms. The van der Waals surface area contributed by atoms with Crippen LogP contribution in [-0.2, 0) is 0 Å². The number of aromatic nitrogens is 4. The van der Waals surface area contributed by atoms with Gasteiger partial charge in [-0.1, -0.05) is 18.2 Å². The summed E-state index contributed by atoms with van der Waals surface area (Å²) in [5.41, 5.74) is 7.57. The van der Waals surface area contributed by atoms with Gasteiger partial charge in [0.25, 0.3) is 5.91 Å². The Morgan fingerprint density at radius 3 is 2.77 bits per heavy atom. The number of benzene rings is 1. The molecule has 4 rings (SSSR count). The summed E-state index contributed by atoms with van der Waals surface area (Å²) in [5, 5.41) is 10.9. The minimum absolute atomic E-state index is 0.0997. The molecular formula is C18H20N6O2. The Labute approximate surface area is 150 Å². The van der Waals surface area contributed by atoms with Crippen LogP contribution in [0.3, 0.4) is 0 Å². The summed E-state index contributed by atoms with van der Waals surface area (Å²) in [6.07, 6.45) is 3.71. The number of anilines is 1. The maximum absolute atomic E-state index is 12.7. The Kier molecular flexibility index (Phi) is 4.04. The van der Waals surface area contributed by atoms with Crippen molar-refractivity contribution in [1.82, 2.24) is 24.4 Å². The fourth-order valence-electron chi connectivity index (χ4n) is 3.71. The summed E-state index contributed by atoms with van der Waals surface area (Å²) in [4.78, 5) is 26.8. The number of hydrogen-bond donors (Lipinski definition) is 2. The van der Waals surface area contributed by atoms with Crippen LogP contribution in [0.1, 0.15) is 29.2 Å². The Balaban J connectivity index is 1.59. The van der Waals surface area contributed by atoms with E-state index in [9.17, 15) is 9.90 Å². The summed E-state index contributed by atoms with van der Waals surface area (Å²) >= 11 is 0. The quantitative estimate of drug-likeness (QED) is 0.734. The van der Waals surface area contributed by atoms with Gasteiger partial charge in [0.1, 0.15) is 11.8 Å². The first-order valence-electron chi connectivity index (χ1n) is 8.51. The second-order valence-corrected chi connectivity index (χ2v) is 6.57. The minimum Gasteiger partial charge on any atom is -0.389 e. The van der Waals surface area contributed by atoms with E-state index in [0.717, 1.165) is 0 Å². The molecule has 3 N–H and O–H groups in total. The summed E-state index contributed by atoms with van der Waals surface area (Å²) < 4.78 is 1.83. The molecule has 134 valence electrons. The molecule has 0 spiro atoms. The van der Waals surface area contributed by atoms with Gasteiger partial charge in [-0.25, -0.2) is 15.0 Å². The van der Waals surface area contributed by atoms with E-state index in [-0.39, 0.29) is 18.0 Å². The van der Waals surface area contributed by atoms with Crippen molar-refractivity contribution in [2.24, 2.45) is 0 Å². The lowest BCUT2D eigenvalue weighted by molar-refractivity contribution is 0.0447. The Bertz CT molecular complexity index is 941. The number of aliphatic hydroxyl groups excluding tert-OH is 1. The monoisotopic (exact) mass is 352 g/mol. The molecule has 8 nitrogen and oxygen atoms in total. The van der Waals surface area contributed by atoms with Crippen LogP contribution < -0.4 is 5.73 Å². The summed E-state index contributed by atoms with van der Waals surface area (Å²) in [6.45, 7) is 0. The number of nitrogens with zero attached hydrogens (tertiary/aromatic N) is 5. The minimum atomic E-state index is -0.721. The number of fused-ring (bicyclic) bond motifs is 1. The molecule has 1 fully saturated rings. The Hall–Kier alpha value is -3.00. The number of amides is 1. The number of nitrogens with two attached hydrogens (primary N) is 1. The molecule has 8 heteroatoms. The van der Waals surface area contributed by atoms with Gasteiger partial charge in [0, 0.05) is 12.6 Å². The van der Waals surface area contributed by atoms with Crippen LogP contribution in [0.4, 0.5) is 5.82 Å². The fourth-order valence-corrected chi connectivity index (χ4v) is 3.71. The number of aliphatic hydroxyl groups is 1. The third-order valence-corrected chi connectivity index (χ3v) is 5.13. The van der Waals surface area contributed by atoms with E-state index in [1.54, 1.807) is 30.4 Å². The number of carbonyl (C=O) groups excluding carboxylic acids is 1. The van der Waals surface area contributed by atoms with Crippen LogP contribution in [0.15, 0.2) is 43.0 Å². The third kappa shape index (κ3) is 2.59. The van der Waals surface area contributed by atoms with E-state index in [2.05, 4.69) is 15.0 Å². The molecule has 1 amide bonds. The average Bonchev–Trinajstić information content (AvgIpc) is 3.25. The zero-order valence-electron chi connectivity index (χ0n) is 14.4. The van der Waals surface area contributed by atoms with Gasteiger partial charge in [-0.2, -0.15) is 0 Å². The molecule has 3 aromatic rings. The highest BCUT2D eigenvalue weighted by Crippen LogP contribution is 2.35. The van der Waals surface area contributed by atoms with Gasteiger partial charge >= 0.3 is 0 Å². The Morgan fingerprint density at radius 2 is 2.00 bits per heavy atom. The van der Waals surface area contributed by atoms with E-state index in [1.807, 2.05) is 22.8 Å². The van der Waals surface area contributed by atoms with Gasteiger partial charge < -0.3 is 20.3 Å². The molecule has 0 aliphatic heterocycles. The topological polar surface area (TPSA) is 110 Å². The van der Waals surface area contributed by atoms with Crippen molar-refractivity contribution in [2.45, 2.75) is 31.0 Å². The van der Waals surface area contributed by atoms with Crippen LogP contribution in [0.25, 0.3) is 11.2 Å². The highest BCUT2D eigenvalue weighted by molar-refractivity contribution is 5.94. The predicted molar refractivity (Wildman–Crippen MR) is 96.3 cm³/mol. The van der Waals surface area contributed by atoms with E-state index < -0.39 is 6.10 Å². The second kappa shape index (κ2) is 6.38. The van der Waals surface area contributed by atoms with Gasteiger partial charge in [0.05, 0.1) is 24.5 Å². The smallest absolute Gasteiger partial charge is 0.253 e. The summed E-state index contributed by atoms with van der Waals surface area (Å²) in [6, 6.07) is 8.60. The number of carbonyl (C=O) groups is 1. The predicted octanol–water partition coefficient (Wildman–Crippen LogP) is 1.25. The van der Waals surface area contributed by atoms with Gasteiger partial charge in [-0.05, 0) is 25.0 Å². The average molecular weight is 352 g/mol. The molecule has 0 unspecified atom stereocenters. The van der Waals surface area contributed by atoms with E-state index in [0.29, 0.717) is 35.4 Å². The molecule has 1 aliphatic carbocycles. The van der Waals surface area contributed by atoms with Crippen LogP contribution in [0, 0.1) is 0 Å². The number of rotatable bonds is 3. The van der Waals surface area contributed by atoms with Gasteiger partial charge in [-0.15, -0.1) is 0 Å². The third-order valence-electron chi connectivity index (χ3n) is 5.13. The van der Waals surface area contributed by atoms with Gasteiger partial charge in [-0.3, -0.25) is 4.79 Å². The van der Waals surface area contributed by atoms with Crippen molar-refractivity contribution in [3.05, 3.63) is 48.5 Å². The molecular weight excluding hydrogens is 332 g/mol. The van der Waals surface area contributed by atoms with E-state index in [1.165, 1.54) is 6.33 Å². The molecule has 2 aromatic heterocycles. The summed E-state index contributed by atoms with van der Waals surface area (Å²) in [7, 11) is 1.73. The number of nitrogen functional groups attached to an aromatic ring is 1. The first-order valence-corrected chi connectivity index (χ1v) is 8.51. The number of likely N-dealkylation sites (N-methyl/N-ethyl adjacent to an activating group) is 1. The first kappa shape index (κ1) is 16.5. The molecule has 1 aliphatic rings. The standard InChI is InChI=1S/C18H20N6O2/c1-23(18(26)11-5-3-2-4-6-11)12-7-8-13(15(12)25)24-10-22-14-16(19)20-9-21-17(14)24/h2-6,9-10,12-13,15,25H,7-8H2,1H3,(H2,19,20,21)/t12-,13+,15+/m1/s1. The highest BCUT2D eigenvalue weighted by Gasteiger charge is 2.40. The van der Waals surface area contributed by atoms with E-state index >= 15 is 0 Å². The zero-order valence-corrected chi connectivity index (χ0v) is 14.4. The number of hydrogen-bond acceptors (Lipinski definition) is 6. The maximum Gasteiger partial charge on any atom is 0.253 e. The second-order valence-electron chi connectivity index (χ2n) is 6.57. The van der Waals surface area contributed by atoms with Crippen LogP contribution >= 0.6 is 0 Å². The SMILES string of the molecule is CN(C(=O)c1ccccc1)[C@@H]1CC[C@H](n2cnc3c(N)ncnc32)[C@H]1O. The number of imidazole rings is 1. The molecule has 0 radical (unpaired) electrons. The van der Waals surface area contributed by atoms with Crippen molar-refractivity contribution < 1.29 is 9.90 Å². The van der Waals surface area contributed by atoms with Crippen molar-refractivity contribution in [3.8, 4) is 0 Å². The lowest BCUT2D eigenvalue weighted by Gasteiger charge is -2.29. The lowest BCUT2D eigenvalue weighted by Crippen LogP contribution is -2.43. The molecule has 3 atom stereocenters. The van der Waals surface area contributed by atoms with Gasteiger partial charge in [0.2, 0.25) is 0 Å². The molecule has 1 saturated carbocycles. The normalized spacial score (nSPS) is 22.6. The van der Waals surface area contributed by atoms with Crippen LogP contribution in [0.2, 0.25) is 0 Å². The largest absolute Gasteiger partial charge is 0.389 e. The zero-order chi connectivity index (χ0) is 18.3. The van der Waals surface area contributed by atoms with Crippen molar-refractivity contribution in [2.75, 3.05) is 12.8 Å². The maximum atomic E-state index is 12.7. The van der Waals surface area contributed by atoms with Crippen LogP contribution in [-0.4, -0.2) is 54.6 Å². The van der Waals surface area contributed by atoms with Gasteiger partial charge in [0.15, 0.2) is 11.5 Å². The van der Waals surface area contributed by atoms with Crippen molar-refractivity contribution in [1.29, 1.82) is 0 Å². The van der Waals surface area contributed by atoms with Crippen LogP contribution in [0.5, 0.6) is 0 Å². The lowest BCUT2D eigenvalue weighted by atomic mass is 10.1. The molecule has 1 aromatic carbocycles. The first-order chi connectivity index (χ1) is 12.6. The molecule has 2 heterocycles. The summed E-state index contributed by atoms with van der Waals surface area (Å²) in [5.74, 6) is 0.214. The van der Waals surface area contributed by atoms with E-state index in [4.69, 9.17) is 5.73 Å². The van der Waals surface area contributed by atoms with Crippen molar-refractivity contribution >= 4 is 22.9 Å². The van der Waals surface area contributed by atoms with Crippen molar-refractivity contribution in [3.63, 3.8) is 0 Å². The molecule has 0 bridgehead atoms. The molecule has 0 saturated heterocycles. The highest BCUT2D eigenvalue weighted by atomic mass is 16.3. The Morgan fingerprint density at radius 1 is 1.23 bits per heavy atom.